The number of allylic oxidation sites excluding steroid dienone is 2. The van der Waals surface area contributed by atoms with E-state index in [-0.39, 0.29) is 5.69 Å². The molecule has 8 heteroatoms. The first kappa shape index (κ1) is 29.3. The Morgan fingerprint density at radius 1 is 1.22 bits per heavy atom. The third kappa shape index (κ3) is 7.81. The molecule has 1 aliphatic carbocycles. The van der Waals surface area contributed by atoms with E-state index in [0.717, 1.165) is 53.1 Å². The number of aryl methyl sites for hydroxylation is 2. The number of alkyl halides is 3. The molecule has 2 N–H and O–H groups in total. The highest BCUT2D eigenvalue weighted by Crippen LogP contribution is 2.32. The summed E-state index contributed by atoms with van der Waals surface area (Å²) in [5, 5.41) is 19.9. The van der Waals surface area contributed by atoms with E-state index in [9.17, 15) is 23.6 Å². The van der Waals surface area contributed by atoms with Crippen LogP contribution in [0.25, 0.3) is 11.1 Å². The molecule has 0 spiro atoms. The highest BCUT2D eigenvalue weighted by Gasteiger charge is 2.37. The SMILES string of the molecule is CC(C)C1CCC1.CCc1cc(/C(C#N)=C(\C)c2ccc(N(O)N[C@@H](C)C(F)(F)F)cc2)c(C)cn1. The molecule has 1 heterocycles. The van der Waals surface area contributed by atoms with Gasteiger partial charge in [0.15, 0.2) is 0 Å². The molecular weight excluding hydrogens is 465 g/mol. The van der Waals surface area contributed by atoms with Crippen LogP contribution in [0.3, 0.4) is 0 Å². The zero-order chi connectivity index (χ0) is 27.0. The molecule has 196 valence electrons. The summed E-state index contributed by atoms with van der Waals surface area (Å²) >= 11 is 0. The number of rotatable bonds is 7. The fourth-order valence-corrected chi connectivity index (χ4v) is 3.81. The van der Waals surface area contributed by atoms with Crippen molar-refractivity contribution in [3.8, 4) is 6.07 Å². The van der Waals surface area contributed by atoms with Gasteiger partial charge >= 0.3 is 6.18 Å². The van der Waals surface area contributed by atoms with Crippen LogP contribution >= 0.6 is 0 Å². The number of halogens is 3. The van der Waals surface area contributed by atoms with Crippen LogP contribution < -0.4 is 10.6 Å². The molecule has 1 aliphatic rings. The van der Waals surface area contributed by atoms with Gasteiger partial charge in [-0.25, -0.2) is 0 Å². The molecule has 36 heavy (non-hydrogen) atoms. The maximum atomic E-state index is 12.6. The average Bonchev–Trinajstić information content (AvgIpc) is 2.79. The monoisotopic (exact) mass is 502 g/mol. The maximum Gasteiger partial charge on any atom is 0.405 e. The van der Waals surface area contributed by atoms with Crippen molar-refractivity contribution < 1.29 is 18.4 Å². The zero-order valence-corrected chi connectivity index (χ0v) is 21.9. The predicted octanol–water partition coefficient (Wildman–Crippen LogP) is 7.50. The maximum absolute atomic E-state index is 12.6. The summed E-state index contributed by atoms with van der Waals surface area (Å²) in [5.41, 5.74) is 6.59. The quantitative estimate of drug-likeness (QED) is 0.303. The number of nitrogens with one attached hydrogen (secondary N) is 1. The third-order valence-electron chi connectivity index (χ3n) is 6.72. The fourth-order valence-electron chi connectivity index (χ4n) is 3.81. The van der Waals surface area contributed by atoms with E-state index in [1.54, 1.807) is 25.3 Å². The van der Waals surface area contributed by atoms with E-state index in [1.807, 2.05) is 25.3 Å². The van der Waals surface area contributed by atoms with Crippen LogP contribution in [-0.4, -0.2) is 22.4 Å². The van der Waals surface area contributed by atoms with Gasteiger partial charge in [-0.05, 0) is 79.5 Å². The predicted molar refractivity (Wildman–Crippen MR) is 138 cm³/mol. The van der Waals surface area contributed by atoms with Crippen LogP contribution in [0.15, 0.2) is 36.5 Å². The van der Waals surface area contributed by atoms with Crippen LogP contribution in [0.2, 0.25) is 0 Å². The largest absolute Gasteiger partial charge is 0.405 e. The standard InChI is InChI=1S/C21H23F3N4O.C7H14/c1-5-17-10-19(13(2)12-26-17)20(11-25)14(3)16-6-8-18(9-7-16)28(29)27-15(4)21(22,23)24;1-6(2)7-4-3-5-7/h6-10,12,15,27,29H,5H2,1-4H3;6-7H,3-5H2,1-2H3/b20-14+;/t15-;/m0./s1. The van der Waals surface area contributed by atoms with Crippen molar-refractivity contribution in [2.24, 2.45) is 11.8 Å². The molecule has 1 aromatic carbocycles. The Kier molecular flexibility index (Phi) is 10.5. The molecule has 5 nitrogen and oxygen atoms in total. The van der Waals surface area contributed by atoms with E-state index in [4.69, 9.17) is 0 Å². The smallest absolute Gasteiger partial charge is 0.273 e. The summed E-state index contributed by atoms with van der Waals surface area (Å²) in [6.45, 7) is 11.2. The first-order chi connectivity index (χ1) is 16.9. The van der Waals surface area contributed by atoms with Crippen LogP contribution in [0.4, 0.5) is 18.9 Å². The Morgan fingerprint density at radius 2 is 1.83 bits per heavy atom. The number of aromatic nitrogens is 1. The average molecular weight is 503 g/mol. The molecule has 1 saturated carbocycles. The van der Waals surface area contributed by atoms with Crippen LogP contribution in [0, 0.1) is 30.1 Å². The topological polar surface area (TPSA) is 72.2 Å². The minimum atomic E-state index is -4.48. The molecule has 2 aromatic rings. The number of benzene rings is 1. The lowest BCUT2D eigenvalue weighted by Gasteiger charge is -2.28. The number of nitriles is 1. The lowest BCUT2D eigenvalue weighted by atomic mass is 9.78. The Morgan fingerprint density at radius 3 is 2.25 bits per heavy atom. The van der Waals surface area contributed by atoms with E-state index >= 15 is 0 Å². The van der Waals surface area contributed by atoms with Gasteiger partial charge in [0, 0.05) is 11.9 Å². The number of hydrogen-bond donors (Lipinski definition) is 2. The van der Waals surface area contributed by atoms with E-state index in [2.05, 4.69) is 24.9 Å². The molecule has 0 saturated heterocycles. The second-order valence-corrected chi connectivity index (χ2v) is 9.64. The number of hydrazine groups is 1. The van der Waals surface area contributed by atoms with Gasteiger partial charge < -0.3 is 0 Å². The highest BCUT2D eigenvalue weighted by atomic mass is 19.4. The number of pyridine rings is 1. The van der Waals surface area contributed by atoms with Crippen molar-refractivity contribution >= 4 is 16.8 Å². The van der Waals surface area contributed by atoms with Gasteiger partial charge in [-0.1, -0.05) is 52.2 Å². The van der Waals surface area contributed by atoms with Crippen molar-refractivity contribution in [1.82, 2.24) is 10.4 Å². The van der Waals surface area contributed by atoms with Crippen molar-refractivity contribution in [2.45, 2.75) is 79.4 Å². The van der Waals surface area contributed by atoms with E-state index in [0.29, 0.717) is 10.7 Å². The van der Waals surface area contributed by atoms with Gasteiger partial charge in [0.2, 0.25) is 0 Å². The van der Waals surface area contributed by atoms with Crippen LogP contribution in [0.1, 0.15) is 76.3 Å². The van der Waals surface area contributed by atoms with Crippen LogP contribution in [-0.2, 0) is 6.42 Å². The molecular formula is C28H37F3N4O. The summed E-state index contributed by atoms with van der Waals surface area (Å²) in [6, 6.07) is 8.45. The number of anilines is 1. The van der Waals surface area contributed by atoms with Crippen LogP contribution in [0.5, 0.6) is 0 Å². The van der Waals surface area contributed by atoms with Crippen molar-refractivity contribution in [2.75, 3.05) is 5.17 Å². The van der Waals surface area contributed by atoms with Crippen molar-refractivity contribution in [3.63, 3.8) is 0 Å². The first-order valence-electron chi connectivity index (χ1n) is 12.4. The summed E-state index contributed by atoms with van der Waals surface area (Å²) in [4.78, 5) is 4.33. The molecule has 0 amide bonds. The minimum absolute atomic E-state index is 0.143. The van der Waals surface area contributed by atoms with Gasteiger partial charge in [-0.15, -0.1) is 0 Å². The molecule has 0 aliphatic heterocycles. The fraction of sp³-hybridized carbons (Fsp3) is 0.500. The number of nitrogens with zero attached hydrogens (tertiary/aromatic N) is 3. The zero-order valence-electron chi connectivity index (χ0n) is 21.9. The molecule has 0 radical (unpaired) electrons. The van der Waals surface area contributed by atoms with E-state index in [1.165, 1.54) is 31.4 Å². The lowest BCUT2D eigenvalue weighted by molar-refractivity contribution is -0.155. The molecule has 0 unspecified atom stereocenters. The first-order valence-corrected chi connectivity index (χ1v) is 12.4. The Labute approximate surface area is 212 Å². The Bertz CT molecular complexity index is 1070. The normalized spacial score (nSPS) is 15.3. The molecule has 1 fully saturated rings. The van der Waals surface area contributed by atoms with E-state index < -0.39 is 12.2 Å². The summed E-state index contributed by atoms with van der Waals surface area (Å²) in [7, 11) is 0. The summed E-state index contributed by atoms with van der Waals surface area (Å²) in [6.07, 6.45) is 2.48. The second kappa shape index (κ2) is 12.9. The molecule has 1 aromatic heterocycles. The van der Waals surface area contributed by atoms with Gasteiger partial charge in [0.25, 0.3) is 0 Å². The lowest BCUT2D eigenvalue weighted by Crippen LogP contribution is -2.48. The minimum Gasteiger partial charge on any atom is -0.273 e. The molecule has 1 atom stereocenters. The second-order valence-electron chi connectivity index (χ2n) is 9.64. The molecule has 0 bridgehead atoms. The van der Waals surface area contributed by atoms with Gasteiger partial charge in [0.1, 0.15) is 12.1 Å². The Balaban J connectivity index is 0.000000558. The number of hydrogen-bond acceptors (Lipinski definition) is 5. The Hall–Kier alpha value is -2.89. The van der Waals surface area contributed by atoms with Gasteiger partial charge in [-0.3, -0.25) is 10.2 Å². The summed E-state index contributed by atoms with van der Waals surface area (Å²) < 4.78 is 37.9. The van der Waals surface area contributed by atoms with Gasteiger partial charge in [0.05, 0.1) is 11.3 Å². The molecule has 3 rings (SSSR count). The third-order valence-corrected chi connectivity index (χ3v) is 6.72. The van der Waals surface area contributed by atoms with Crippen molar-refractivity contribution in [3.05, 3.63) is 58.9 Å². The highest BCUT2D eigenvalue weighted by molar-refractivity contribution is 5.97. The van der Waals surface area contributed by atoms with Crippen molar-refractivity contribution in [1.29, 1.82) is 5.26 Å². The van der Waals surface area contributed by atoms with Gasteiger partial charge in [-0.2, -0.15) is 29.0 Å². The summed E-state index contributed by atoms with van der Waals surface area (Å²) in [5.74, 6) is 2.04.